The highest BCUT2D eigenvalue weighted by atomic mass is 16.4. The van der Waals surface area contributed by atoms with Gasteiger partial charge in [-0.15, -0.1) is 10.2 Å². The van der Waals surface area contributed by atoms with Gasteiger partial charge in [-0.25, -0.2) is 0 Å². The number of allylic oxidation sites excluding steroid dienone is 1. The van der Waals surface area contributed by atoms with Crippen molar-refractivity contribution in [3.05, 3.63) is 35.9 Å². The van der Waals surface area contributed by atoms with E-state index in [-0.39, 0.29) is 11.5 Å². The van der Waals surface area contributed by atoms with E-state index in [1.807, 2.05) is 12.1 Å². The number of aliphatic hydroxyl groups excluding tert-OH is 1. The van der Waals surface area contributed by atoms with Crippen molar-refractivity contribution in [3.63, 3.8) is 0 Å². The third-order valence-corrected chi connectivity index (χ3v) is 9.55. The molecule has 2 heterocycles. The maximum Gasteiger partial charge on any atom is 0.283 e. The second-order valence-electron chi connectivity index (χ2n) is 10.8. The zero-order valence-electron chi connectivity index (χ0n) is 18.0. The van der Waals surface area contributed by atoms with Gasteiger partial charge in [0.2, 0.25) is 5.89 Å². The predicted molar refractivity (Wildman–Crippen MR) is 112 cm³/mol. The molecule has 1 N–H and O–H groups in total. The summed E-state index contributed by atoms with van der Waals surface area (Å²) in [4.78, 5) is 0. The molecule has 0 aromatic carbocycles. The molecule has 4 aliphatic carbocycles. The molecule has 30 heavy (non-hydrogen) atoms. The summed E-state index contributed by atoms with van der Waals surface area (Å²) < 4.78 is 11.6. The summed E-state index contributed by atoms with van der Waals surface area (Å²) in [7, 11) is 0. The average Bonchev–Trinajstić information content (AvgIpc) is 3.47. The van der Waals surface area contributed by atoms with Crippen LogP contribution < -0.4 is 0 Å². The minimum Gasteiger partial charge on any atom is -0.459 e. The van der Waals surface area contributed by atoms with Gasteiger partial charge in [0, 0.05) is 5.92 Å². The lowest BCUT2D eigenvalue weighted by Crippen LogP contribution is -2.50. The molecule has 0 spiro atoms. The average molecular weight is 409 g/mol. The van der Waals surface area contributed by atoms with Crippen LogP contribution in [0.2, 0.25) is 0 Å². The van der Waals surface area contributed by atoms with Gasteiger partial charge in [0.25, 0.3) is 5.89 Å². The summed E-state index contributed by atoms with van der Waals surface area (Å²) in [6.07, 6.45) is 13.1. The number of hydrogen-bond acceptors (Lipinski definition) is 5. The van der Waals surface area contributed by atoms with E-state index in [2.05, 4.69) is 30.1 Å². The van der Waals surface area contributed by atoms with Gasteiger partial charge < -0.3 is 13.9 Å². The molecule has 5 heteroatoms. The van der Waals surface area contributed by atoms with Crippen molar-refractivity contribution in [3.8, 4) is 11.7 Å². The molecule has 0 bridgehead atoms. The largest absolute Gasteiger partial charge is 0.459 e. The molecule has 0 unspecified atom stereocenters. The number of furan rings is 1. The minimum absolute atomic E-state index is 0.133. The van der Waals surface area contributed by atoms with Gasteiger partial charge in [-0.1, -0.05) is 25.5 Å². The van der Waals surface area contributed by atoms with Crippen LogP contribution in [0.25, 0.3) is 11.7 Å². The molecule has 2 aromatic heterocycles. The number of nitrogens with zero attached hydrogens (tertiary/aromatic N) is 2. The van der Waals surface area contributed by atoms with E-state index in [1.165, 1.54) is 25.7 Å². The summed E-state index contributed by atoms with van der Waals surface area (Å²) >= 11 is 0. The third-order valence-electron chi connectivity index (χ3n) is 9.55. The van der Waals surface area contributed by atoms with Crippen molar-refractivity contribution in [2.45, 2.75) is 77.2 Å². The molecule has 3 fully saturated rings. The van der Waals surface area contributed by atoms with Gasteiger partial charge in [0.15, 0.2) is 5.76 Å². The van der Waals surface area contributed by atoms with Crippen molar-refractivity contribution in [2.75, 3.05) is 0 Å². The van der Waals surface area contributed by atoms with Crippen LogP contribution in [-0.2, 0) is 0 Å². The molecule has 2 aromatic rings. The highest BCUT2D eigenvalue weighted by molar-refractivity contribution is 5.42. The number of rotatable bonds is 2. The van der Waals surface area contributed by atoms with Crippen LogP contribution in [0, 0.1) is 28.6 Å². The summed E-state index contributed by atoms with van der Waals surface area (Å²) in [6, 6.07) is 3.72. The standard InChI is InChI=1S/C25H32N2O3/c1-24-11-9-16(28)14-15(24)5-6-17-18-7-8-20(25(18,2)12-10-19(17)24)22-26-27-23(30-22)21-4-3-13-29-21/h3-5,13,16-20,28H,6-12,14H2,1-2H3/t16-,17-,18-,19-,20+,24-,25-/m0/s1. The first kappa shape index (κ1) is 18.9. The molecule has 5 nitrogen and oxygen atoms in total. The maximum atomic E-state index is 10.2. The fourth-order valence-electron chi connectivity index (χ4n) is 7.92. The smallest absolute Gasteiger partial charge is 0.283 e. The fourth-order valence-corrected chi connectivity index (χ4v) is 7.92. The topological polar surface area (TPSA) is 72.3 Å². The summed E-state index contributed by atoms with van der Waals surface area (Å²) in [5.41, 5.74) is 2.06. The van der Waals surface area contributed by atoms with Crippen LogP contribution in [0.3, 0.4) is 0 Å². The second-order valence-corrected chi connectivity index (χ2v) is 10.8. The third kappa shape index (κ3) is 2.57. The minimum atomic E-state index is -0.133. The van der Waals surface area contributed by atoms with Gasteiger partial charge in [0.1, 0.15) is 0 Å². The molecule has 160 valence electrons. The Hall–Kier alpha value is -1.88. The van der Waals surface area contributed by atoms with Crippen LogP contribution in [0.15, 0.2) is 38.9 Å². The molecule has 0 amide bonds. The Morgan fingerprint density at radius 1 is 1.07 bits per heavy atom. The Balaban J connectivity index is 1.29. The monoisotopic (exact) mass is 408 g/mol. The van der Waals surface area contributed by atoms with Crippen molar-refractivity contribution in [1.29, 1.82) is 0 Å². The van der Waals surface area contributed by atoms with E-state index >= 15 is 0 Å². The lowest BCUT2D eigenvalue weighted by Gasteiger charge is -2.57. The number of aromatic nitrogens is 2. The Morgan fingerprint density at radius 2 is 1.97 bits per heavy atom. The maximum absolute atomic E-state index is 10.2. The van der Waals surface area contributed by atoms with Gasteiger partial charge in [0.05, 0.1) is 12.4 Å². The van der Waals surface area contributed by atoms with Crippen molar-refractivity contribution >= 4 is 0 Å². The van der Waals surface area contributed by atoms with E-state index in [0.717, 1.165) is 43.4 Å². The van der Waals surface area contributed by atoms with Crippen molar-refractivity contribution in [1.82, 2.24) is 10.2 Å². The lowest BCUT2D eigenvalue weighted by molar-refractivity contribution is -0.0428. The normalized spacial score (nSPS) is 42.9. The molecule has 6 rings (SSSR count). The Bertz CT molecular complexity index is 963. The first-order valence-corrected chi connectivity index (χ1v) is 11.7. The molecule has 0 radical (unpaired) electrons. The zero-order chi connectivity index (χ0) is 20.5. The van der Waals surface area contributed by atoms with E-state index < -0.39 is 0 Å². The summed E-state index contributed by atoms with van der Waals surface area (Å²) in [5, 5.41) is 19.0. The SMILES string of the molecule is C[C@]12CC[C@H]3[C@@H](CC=C4C[C@@H](O)CC[C@@]43C)[C@@H]1CC[C@@H]2c1nnc(-c2ccco2)o1. The lowest BCUT2D eigenvalue weighted by atomic mass is 9.47. The fraction of sp³-hybridized carbons (Fsp3) is 0.680. The van der Waals surface area contributed by atoms with E-state index in [1.54, 1.807) is 11.8 Å². The molecule has 4 aliphatic rings. The van der Waals surface area contributed by atoms with Crippen LogP contribution in [-0.4, -0.2) is 21.4 Å². The summed E-state index contributed by atoms with van der Waals surface area (Å²) in [6.45, 7) is 4.97. The second kappa shape index (κ2) is 6.56. The number of hydrogen-bond donors (Lipinski definition) is 1. The number of fused-ring (bicyclic) bond motifs is 5. The quantitative estimate of drug-likeness (QED) is 0.642. The van der Waals surface area contributed by atoms with Crippen LogP contribution in [0.5, 0.6) is 0 Å². The van der Waals surface area contributed by atoms with Gasteiger partial charge >= 0.3 is 0 Å². The molecular formula is C25H32N2O3. The van der Waals surface area contributed by atoms with Gasteiger partial charge in [-0.3, -0.25) is 0 Å². The Kier molecular flexibility index (Phi) is 4.12. The van der Waals surface area contributed by atoms with E-state index in [9.17, 15) is 5.11 Å². The molecule has 3 saturated carbocycles. The zero-order valence-corrected chi connectivity index (χ0v) is 18.0. The molecule has 0 aliphatic heterocycles. The van der Waals surface area contributed by atoms with Crippen molar-refractivity contribution in [2.24, 2.45) is 28.6 Å². The summed E-state index contributed by atoms with van der Waals surface area (Å²) in [5.74, 6) is 4.48. The van der Waals surface area contributed by atoms with Gasteiger partial charge in [-0.2, -0.15) is 0 Å². The highest BCUT2D eigenvalue weighted by Gasteiger charge is 2.59. The van der Waals surface area contributed by atoms with Crippen LogP contribution in [0.1, 0.15) is 77.0 Å². The predicted octanol–water partition coefficient (Wildman–Crippen LogP) is 5.74. The molecular weight excluding hydrogens is 376 g/mol. The van der Waals surface area contributed by atoms with E-state index in [0.29, 0.717) is 28.9 Å². The Labute approximate surface area is 178 Å². The molecule has 7 atom stereocenters. The highest BCUT2D eigenvalue weighted by Crippen LogP contribution is 2.67. The van der Waals surface area contributed by atoms with E-state index in [4.69, 9.17) is 8.83 Å². The first-order valence-electron chi connectivity index (χ1n) is 11.7. The molecule has 0 saturated heterocycles. The van der Waals surface area contributed by atoms with Gasteiger partial charge in [-0.05, 0) is 92.1 Å². The first-order chi connectivity index (χ1) is 14.5. The van der Waals surface area contributed by atoms with Crippen LogP contribution >= 0.6 is 0 Å². The Morgan fingerprint density at radius 3 is 2.80 bits per heavy atom. The number of aliphatic hydroxyl groups is 1. The van der Waals surface area contributed by atoms with Crippen LogP contribution in [0.4, 0.5) is 0 Å². The van der Waals surface area contributed by atoms with Crippen molar-refractivity contribution < 1.29 is 13.9 Å².